The fourth-order valence-corrected chi connectivity index (χ4v) is 2.59. The summed E-state index contributed by atoms with van der Waals surface area (Å²) in [7, 11) is 0. The molecule has 0 aliphatic rings. The lowest BCUT2D eigenvalue weighted by Gasteiger charge is -2.07. The molecule has 3 aromatic rings. The summed E-state index contributed by atoms with van der Waals surface area (Å²) in [5.74, 6) is -0.0752. The summed E-state index contributed by atoms with van der Waals surface area (Å²) in [6.45, 7) is 4.12. The highest BCUT2D eigenvalue weighted by atomic mass is 16.2. The van der Waals surface area contributed by atoms with Crippen LogP contribution >= 0.6 is 0 Å². The van der Waals surface area contributed by atoms with Crippen molar-refractivity contribution in [3.63, 3.8) is 0 Å². The molecule has 0 aliphatic carbocycles. The number of urea groups is 1. The van der Waals surface area contributed by atoms with Gasteiger partial charge in [-0.1, -0.05) is 0 Å². The number of hydrogen-bond acceptors (Lipinski definition) is 4. The largest absolute Gasteiger partial charge is 0.364 e. The van der Waals surface area contributed by atoms with Crippen molar-refractivity contribution in [2.24, 2.45) is 5.73 Å². The summed E-state index contributed by atoms with van der Waals surface area (Å²) < 4.78 is 1.67. The number of imidazole rings is 1. The summed E-state index contributed by atoms with van der Waals surface area (Å²) in [4.78, 5) is 31.7. The Kier molecular flexibility index (Phi) is 4.34. The second-order valence-electron chi connectivity index (χ2n) is 5.47. The van der Waals surface area contributed by atoms with Gasteiger partial charge in [-0.15, -0.1) is 0 Å². The Morgan fingerprint density at radius 3 is 2.60 bits per heavy atom. The normalized spacial score (nSPS) is 10.6. The number of nitrogens with two attached hydrogens (primary N) is 1. The molecule has 0 bridgehead atoms. The quantitative estimate of drug-likeness (QED) is 0.674. The Labute approximate surface area is 144 Å². The van der Waals surface area contributed by atoms with Gasteiger partial charge in [0.1, 0.15) is 17.2 Å². The number of pyridine rings is 2. The highest BCUT2D eigenvalue weighted by Gasteiger charge is 2.14. The molecule has 3 amide bonds. The highest BCUT2D eigenvalue weighted by molar-refractivity contribution is 5.93. The number of nitrogens with zero attached hydrogens (tertiary/aromatic N) is 3. The first-order valence-electron chi connectivity index (χ1n) is 7.79. The zero-order valence-electron chi connectivity index (χ0n) is 13.9. The van der Waals surface area contributed by atoms with Crippen LogP contribution in [0, 0.1) is 6.92 Å². The van der Waals surface area contributed by atoms with Crippen LogP contribution in [0.15, 0.2) is 36.7 Å². The molecule has 3 heterocycles. The molecule has 0 fully saturated rings. The molecule has 0 aromatic carbocycles. The third kappa shape index (κ3) is 3.27. The van der Waals surface area contributed by atoms with Crippen LogP contribution in [0.25, 0.3) is 16.8 Å². The molecule has 3 rings (SSSR count). The number of carbonyl (C=O) groups excluding carboxylic acids is 2. The first kappa shape index (κ1) is 16.4. The smallest absolute Gasteiger partial charge is 0.320 e. The zero-order chi connectivity index (χ0) is 18.0. The molecule has 0 aliphatic heterocycles. The number of aryl methyl sites for hydroxylation is 1. The molecule has 0 radical (unpaired) electrons. The highest BCUT2D eigenvalue weighted by Crippen LogP contribution is 2.22. The molecule has 128 valence electrons. The number of carbonyl (C=O) groups is 2. The van der Waals surface area contributed by atoms with Gasteiger partial charge in [0.25, 0.3) is 5.91 Å². The minimum absolute atomic E-state index is 0.302. The van der Waals surface area contributed by atoms with Crippen molar-refractivity contribution < 1.29 is 9.59 Å². The maximum atomic E-state index is 11.6. The van der Waals surface area contributed by atoms with Crippen molar-refractivity contribution >= 4 is 23.4 Å². The molecular weight excluding hydrogens is 320 g/mol. The number of aromatic nitrogens is 3. The van der Waals surface area contributed by atoms with Gasteiger partial charge in [0.05, 0.1) is 5.69 Å². The first-order chi connectivity index (χ1) is 12.0. The van der Waals surface area contributed by atoms with E-state index in [9.17, 15) is 9.59 Å². The van der Waals surface area contributed by atoms with Crippen molar-refractivity contribution in [1.82, 2.24) is 19.7 Å². The van der Waals surface area contributed by atoms with Crippen molar-refractivity contribution in [3.05, 3.63) is 48.0 Å². The topological polar surface area (TPSA) is 114 Å². The van der Waals surface area contributed by atoms with E-state index in [0.29, 0.717) is 29.4 Å². The lowest BCUT2D eigenvalue weighted by atomic mass is 10.1. The van der Waals surface area contributed by atoms with E-state index in [1.807, 2.05) is 25.1 Å². The summed E-state index contributed by atoms with van der Waals surface area (Å²) >= 11 is 0. The van der Waals surface area contributed by atoms with Gasteiger partial charge < -0.3 is 11.1 Å². The van der Waals surface area contributed by atoms with Gasteiger partial charge in [0, 0.05) is 30.1 Å². The van der Waals surface area contributed by atoms with E-state index in [1.165, 1.54) is 0 Å². The van der Waals surface area contributed by atoms with Crippen LogP contribution in [0.1, 0.15) is 23.1 Å². The number of hydrogen-bond donors (Lipinski definition) is 3. The third-order valence-electron chi connectivity index (χ3n) is 3.70. The van der Waals surface area contributed by atoms with E-state index in [1.54, 1.807) is 29.8 Å². The molecule has 0 atom stereocenters. The molecule has 0 unspecified atom stereocenters. The number of amides is 3. The van der Waals surface area contributed by atoms with E-state index in [-0.39, 0.29) is 6.03 Å². The zero-order valence-corrected chi connectivity index (χ0v) is 13.9. The van der Waals surface area contributed by atoms with Crippen molar-refractivity contribution in [3.8, 4) is 11.1 Å². The molecule has 0 saturated heterocycles. The predicted molar refractivity (Wildman–Crippen MR) is 94.4 cm³/mol. The van der Waals surface area contributed by atoms with Gasteiger partial charge in [-0.3, -0.25) is 14.5 Å². The molecular formula is C17H18N6O2. The third-order valence-corrected chi connectivity index (χ3v) is 3.70. The molecule has 0 spiro atoms. The number of rotatable bonds is 4. The number of nitrogens with one attached hydrogen (secondary N) is 2. The van der Waals surface area contributed by atoms with Gasteiger partial charge in [-0.2, -0.15) is 0 Å². The molecule has 4 N–H and O–H groups in total. The summed E-state index contributed by atoms with van der Waals surface area (Å²) in [5, 5.41) is 5.28. The van der Waals surface area contributed by atoms with Gasteiger partial charge in [0.2, 0.25) is 0 Å². The van der Waals surface area contributed by atoms with Crippen molar-refractivity contribution in [2.45, 2.75) is 13.8 Å². The monoisotopic (exact) mass is 338 g/mol. The van der Waals surface area contributed by atoms with Crippen LogP contribution in [0.2, 0.25) is 0 Å². The average molecular weight is 338 g/mol. The van der Waals surface area contributed by atoms with Crippen LogP contribution in [0.3, 0.4) is 0 Å². The van der Waals surface area contributed by atoms with Crippen LogP contribution in [0.5, 0.6) is 0 Å². The average Bonchev–Trinajstić information content (AvgIpc) is 2.90. The van der Waals surface area contributed by atoms with E-state index >= 15 is 0 Å². The Bertz CT molecular complexity index is 946. The number of primary amides is 1. The standard InChI is InChI=1S/C17H18N6O2/c1-3-19-17(25)22-13-6-4-11(8-20-13)12-5-7-14-21-10(2)15(16(18)24)23(14)9-12/h4-9H,3H2,1-2H3,(H2,18,24)(H2,19,20,22,25). The Morgan fingerprint density at radius 2 is 1.96 bits per heavy atom. The Hall–Kier alpha value is -3.42. The predicted octanol–water partition coefficient (Wildman–Crippen LogP) is 1.95. The Balaban J connectivity index is 1.92. The van der Waals surface area contributed by atoms with E-state index in [0.717, 1.165) is 11.1 Å². The van der Waals surface area contributed by atoms with Crippen LogP contribution in [-0.4, -0.2) is 32.9 Å². The van der Waals surface area contributed by atoms with Crippen molar-refractivity contribution in [2.75, 3.05) is 11.9 Å². The summed E-state index contributed by atoms with van der Waals surface area (Å²) in [5.41, 5.74) is 8.73. The van der Waals surface area contributed by atoms with Gasteiger partial charge in [-0.25, -0.2) is 14.8 Å². The minimum Gasteiger partial charge on any atom is -0.364 e. The van der Waals surface area contributed by atoms with E-state index in [2.05, 4.69) is 20.6 Å². The van der Waals surface area contributed by atoms with Crippen molar-refractivity contribution in [1.29, 1.82) is 0 Å². The minimum atomic E-state index is -0.526. The fourth-order valence-electron chi connectivity index (χ4n) is 2.59. The maximum absolute atomic E-state index is 11.6. The van der Waals surface area contributed by atoms with Crippen LogP contribution in [-0.2, 0) is 0 Å². The molecule has 0 saturated carbocycles. The first-order valence-corrected chi connectivity index (χ1v) is 7.79. The second-order valence-corrected chi connectivity index (χ2v) is 5.47. The molecule has 8 heteroatoms. The summed E-state index contributed by atoms with van der Waals surface area (Å²) in [6, 6.07) is 6.95. The lowest BCUT2D eigenvalue weighted by molar-refractivity contribution is 0.0994. The molecule has 8 nitrogen and oxygen atoms in total. The van der Waals surface area contributed by atoms with Crippen LogP contribution < -0.4 is 16.4 Å². The molecule has 3 aromatic heterocycles. The maximum Gasteiger partial charge on any atom is 0.320 e. The number of anilines is 1. The lowest BCUT2D eigenvalue weighted by Crippen LogP contribution is -2.28. The second kappa shape index (κ2) is 6.60. The van der Waals surface area contributed by atoms with Gasteiger partial charge >= 0.3 is 6.03 Å². The number of fused-ring (bicyclic) bond motifs is 1. The van der Waals surface area contributed by atoms with Crippen LogP contribution in [0.4, 0.5) is 10.6 Å². The van der Waals surface area contributed by atoms with E-state index in [4.69, 9.17) is 5.73 Å². The summed E-state index contributed by atoms with van der Waals surface area (Å²) in [6.07, 6.45) is 3.44. The fraction of sp³-hybridized carbons (Fsp3) is 0.176. The van der Waals surface area contributed by atoms with E-state index < -0.39 is 5.91 Å². The van der Waals surface area contributed by atoms with Gasteiger partial charge in [-0.05, 0) is 38.1 Å². The molecule has 25 heavy (non-hydrogen) atoms. The SMILES string of the molecule is CCNC(=O)Nc1ccc(-c2ccc3nc(C)c(C(N)=O)n3c2)cn1. The van der Waals surface area contributed by atoms with Gasteiger partial charge in [0.15, 0.2) is 0 Å². The Morgan fingerprint density at radius 1 is 1.20 bits per heavy atom.